The Labute approximate surface area is 119 Å². The summed E-state index contributed by atoms with van der Waals surface area (Å²) in [7, 11) is 0. The Kier molecular flexibility index (Phi) is 5.32. The van der Waals surface area contributed by atoms with E-state index in [9.17, 15) is 9.90 Å². The van der Waals surface area contributed by atoms with Crippen molar-refractivity contribution >= 4 is 12.0 Å². The van der Waals surface area contributed by atoms with Gasteiger partial charge in [-0.1, -0.05) is 30.3 Å². The number of hydrogen-bond acceptors (Lipinski definition) is 3. The molecule has 1 atom stereocenters. The van der Waals surface area contributed by atoms with E-state index in [2.05, 4.69) is 0 Å². The Morgan fingerprint density at radius 2 is 1.95 bits per heavy atom. The van der Waals surface area contributed by atoms with E-state index in [1.54, 1.807) is 11.0 Å². The van der Waals surface area contributed by atoms with Crippen molar-refractivity contribution in [1.82, 2.24) is 4.90 Å². The predicted octanol–water partition coefficient (Wildman–Crippen LogP) is 1.29. The van der Waals surface area contributed by atoms with Crippen molar-refractivity contribution in [2.24, 2.45) is 5.92 Å². The van der Waals surface area contributed by atoms with Crippen LogP contribution < -0.4 is 0 Å². The van der Waals surface area contributed by atoms with Crippen LogP contribution in [0.4, 0.5) is 0 Å². The van der Waals surface area contributed by atoms with Crippen molar-refractivity contribution < 1.29 is 15.0 Å². The second-order valence-corrected chi connectivity index (χ2v) is 5.16. The van der Waals surface area contributed by atoms with Crippen LogP contribution in [0.25, 0.3) is 6.08 Å². The average Bonchev–Trinajstić information content (AvgIpc) is 2.53. The first-order chi connectivity index (χ1) is 9.70. The minimum absolute atomic E-state index is 0.00536. The largest absolute Gasteiger partial charge is 0.394 e. The molecule has 1 saturated heterocycles. The molecule has 1 fully saturated rings. The van der Waals surface area contributed by atoms with E-state index >= 15 is 0 Å². The Bertz CT molecular complexity index is 450. The number of likely N-dealkylation sites (tertiary alicyclic amines) is 1. The Morgan fingerprint density at radius 1 is 1.30 bits per heavy atom. The first kappa shape index (κ1) is 14.8. The van der Waals surface area contributed by atoms with Gasteiger partial charge in [-0.15, -0.1) is 0 Å². The number of hydrogen-bond donors (Lipinski definition) is 2. The molecular formula is C16H21NO3. The molecular weight excluding hydrogens is 254 g/mol. The molecule has 1 aromatic rings. The summed E-state index contributed by atoms with van der Waals surface area (Å²) in [6, 6.07) is 9.72. The maximum absolute atomic E-state index is 12.0. The second kappa shape index (κ2) is 7.22. The minimum Gasteiger partial charge on any atom is -0.394 e. The van der Waals surface area contributed by atoms with Crippen LogP contribution in [0.1, 0.15) is 18.4 Å². The molecule has 1 heterocycles. The molecule has 0 spiro atoms. The highest BCUT2D eigenvalue weighted by atomic mass is 16.3. The van der Waals surface area contributed by atoms with Crippen LogP contribution in [-0.2, 0) is 4.79 Å². The molecule has 0 aromatic heterocycles. The van der Waals surface area contributed by atoms with Gasteiger partial charge >= 0.3 is 0 Å². The monoisotopic (exact) mass is 275 g/mol. The molecule has 0 aliphatic carbocycles. The lowest BCUT2D eigenvalue weighted by Gasteiger charge is -2.33. The maximum Gasteiger partial charge on any atom is 0.246 e. The number of carbonyl (C=O) groups is 1. The lowest BCUT2D eigenvalue weighted by atomic mass is 9.91. The van der Waals surface area contributed by atoms with Crippen LogP contribution in [-0.4, -0.2) is 46.8 Å². The third-order valence-electron chi connectivity index (χ3n) is 3.80. The van der Waals surface area contributed by atoms with Crippen molar-refractivity contribution in [3.8, 4) is 0 Å². The maximum atomic E-state index is 12.0. The first-order valence-electron chi connectivity index (χ1n) is 7.01. The number of rotatable bonds is 4. The Balaban J connectivity index is 1.85. The van der Waals surface area contributed by atoms with Crippen molar-refractivity contribution in [3.63, 3.8) is 0 Å². The number of carbonyl (C=O) groups excluding carboxylic acids is 1. The fourth-order valence-corrected chi connectivity index (χ4v) is 2.49. The third kappa shape index (κ3) is 3.92. The van der Waals surface area contributed by atoms with Gasteiger partial charge in [0.25, 0.3) is 0 Å². The summed E-state index contributed by atoms with van der Waals surface area (Å²) in [5.74, 6) is 0.105. The minimum atomic E-state index is -0.660. The average molecular weight is 275 g/mol. The Morgan fingerprint density at radius 3 is 2.55 bits per heavy atom. The van der Waals surface area contributed by atoms with Gasteiger partial charge in [-0.25, -0.2) is 0 Å². The molecule has 0 bridgehead atoms. The fourth-order valence-electron chi connectivity index (χ4n) is 2.49. The zero-order chi connectivity index (χ0) is 14.4. The van der Waals surface area contributed by atoms with Crippen molar-refractivity contribution in [2.45, 2.75) is 18.9 Å². The molecule has 1 aliphatic rings. The van der Waals surface area contributed by atoms with Gasteiger partial charge in [0.1, 0.15) is 0 Å². The van der Waals surface area contributed by atoms with E-state index in [4.69, 9.17) is 5.11 Å². The van der Waals surface area contributed by atoms with Crippen LogP contribution in [0, 0.1) is 5.92 Å². The molecule has 2 rings (SSSR count). The van der Waals surface area contributed by atoms with E-state index in [1.165, 1.54) is 0 Å². The molecule has 1 unspecified atom stereocenters. The molecule has 1 amide bonds. The van der Waals surface area contributed by atoms with Crippen LogP contribution in [0.15, 0.2) is 36.4 Å². The predicted molar refractivity (Wildman–Crippen MR) is 77.9 cm³/mol. The van der Waals surface area contributed by atoms with E-state index in [1.807, 2.05) is 36.4 Å². The normalized spacial score (nSPS) is 18.4. The zero-order valence-corrected chi connectivity index (χ0v) is 11.5. The lowest BCUT2D eigenvalue weighted by molar-refractivity contribution is -0.128. The number of aliphatic hydroxyl groups is 2. The summed E-state index contributed by atoms with van der Waals surface area (Å²) in [5, 5.41) is 18.5. The number of piperidine rings is 1. The van der Waals surface area contributed by atoms with Crippen LogP contribution in [0.2, 0.25) is 0 Å². The zero-order valence-electron chi connectivity index (χ0n) is 11.5. The van der Waals surface area contributed by atoms with E-state index < -0.39 is 6.10 Å². The van der Waals surface area contributed by atoms with Crippen LogP contribution >= 0.6 is 0 Å². The number of aliphatic hydroxyl groups excluding tert-OH is 2. The summed E-state index contributed by atoms with van der Waals surface area (Å²) in [4.78, 5) is 13.8. The van der Waals surface area contributed by atoms with Crippen molar-refractivity contribution in [2.75, 3.05) is 19.7 Å². The number of nitrogens with zero attached hydrogens (tertiary/aromatic N) is 1. The smallest absolute Gasteiger partial charge is 0.246 e. The third-order valence-corrected chi connectivity index (χ3v) is 3.80. The molecule has 4 nitrogen and oxygen atoms in total. The van der Waals surface area contributed by atoms with E-state index in [-0.39, 0.29) is 18.4 Å². The number of benzene rings is 1. The highest BCUT2D eigenvalue weighted by Gasteiger charge is 2.26. The van der Waals surface area contributed by atoms with Crippen molar-refractivity contribution in [1.29, 1.82) is 0 Å². The summed E-state index contributed by atoms with van der Waals surface area (Å²) < 4.78 is 0. The number of amides is 1. The molecule has 0 radical (unpaired) electrons. The SMILES string of the molecule is O=C(C=Cc1ccccc1)N1CCC(C(O)CO)CC1. The lowest BCUT2D eigenvalue weighted by Crippen LogP contribution is -2.41. The second-order valence-electron chi connectivity index (χ2n) is 5.16. The standard InChI is InChI=1S/C16H21NO3/c18-12-15(19)14-8-10-17(11-9-14)16(20)7-6-13-4-2-1-3-5-13/h1-7,14-15,18-19H,8-12H2. The molecule has 2 N–H and O–H groups in total. The molecule has 20 heavy (non-hydrogen) atoms. The van der Waals surface area contributed by atoms with Gasteiger partial charge in [-0.3, -0.25) is 4.79 Å². The molecule has 1 aromatic carbocycles. The summed E-state index contributed by atoms with van der Waals surface area (Å²) in [6.45, 7) is 1.08. The highest BCUT2D eigenvalue weighted by molar-refractivity contribution is 5.91. The van der Waals surface area contributed by atoms with Gasteiger partial charge in [0.2, 0.25) is 5.91 Å². The summed E-state index contributed by atoms with van der Waals surface area (Å²) in [6.07, 6.45) is 4.24. The first-order valence-corrected chi connectivity index (χ1v) is 7.01. The Hall–Kier alpha value is -1.65. The van der Waals surface area contributed by atoms with Crippen LogP contribution in [0.3, 0.4) is 0 Å². The van der Waals surface area contributed by atoms with E-state index in [0.29, 0.717) is 13.1 Å². The van der Waals surface area contributed by atoms with Gasteiger partial charge in [-0.2, -0.15) is 0 Å². The molecule has 4 heteroatoms. The van der Waals surface area contributed by atoms with Gasteiger partial charge in [0, 0.05) is 19.2 Å². The highest BCUT2D eigenvalue weighted by Crippen LogP contribution is 2.20. The van der Waals surface area contributed by atoms with Gasteiger partial charge in [0.15, 0.2) is 0 Å². The quantitative estimate of drug-likeness (QED) is 0.814. The van der Waals surface area contributed by atoms with Gasteiger partial charge in [0.05, 0.1) is 12.7 Å². The summed E-state index contributed by atoms with van der Waals surface area (Å²) >= 11 is 0. The van der Waals surface area contributed by atoms with E-state index in [0.717, 1.165) is 18.4 Å². The molecule has 0 saturated carbocycles. The fraction of sp³-hybridized carbons (Fsp3) is 0.438. The van der Waals surface area contributed by atoms with Crippen molar-refractivity contribution in [3.05, 3.63) is 42.0 Å². The van der Waals surface area contributed by atoms with Crippen LogP contribution in [0.5, 0.6) is 0 Å². The summed E-state index contributed by atoms with van der Waals surface area (Å²) in [5.41, 5.74) is 1.01. The molecule has 1 aliphatic heterocycles. The van der Waals surface area contributed by atoms with Gasteiger partial charge in [-0.05, 0) is 30.4 Å². The molecule has 108 valence electrons. The topological polar surface area (TPSA) is 60.8 Å². The van der Waals surface area contributed by atoms with Gasteiger partial charge < -0.3 is 15.1 Å².